The van der Waals surface area contributed by atoms with Crippen LogP contribution in [0.15, 0.2) is 29.3 Å². The fourth-order valence-corrected chi connectivity index (χ4v) is 3.15. The molecule has 1 aromatic rings. The van der Waals surface area contributed by atoms with Crippen molar-refractivity contribution in [1.29, 1.82) is 0 Å². The standard InChI is InChI=1S/C20H32FN3O2/c1-4-22-20(24(2)12-9-16-10-13-26-14-11-16)23-15-19(25-3)17-5-7-18(21)8-6-17/h5-8,16,19H,4,9-15H2,1-3H3,(H,22,23). The second-order valence-electron chi connectivity index (χ2n) is 6.74. The van der Waals surface area contributed by atoms with Gasteiger partial charge < -0.3 is 19.7 Å². The van der Waals surface area contributed by atoms with Gasteiger partial charge in [0.05, 0.1) is 6.54 Å². The third-order valence-electron chi connectivity index (χ3n) is 4.84. The van der Waals surface area contributed by atoms with Crippen LogP contribution in [0.25, 0.3) is 0 Å². The van der Waals surface area contributed by atoms with Crippen molar-refractivity contribution < 1.29 is 13.9 Å². The van der Waals surface area contributed by atoms with E-state index in [1.807, 2.05) is 0 Å². The molecule has 0 aliphatic carbocycles. The van der Waals surface area contributed by atoms with Crippen LogP contribution in [0.5, 0.6) is 0 Å². The van der Waals surface area contributed by atoms with Crippen LogP contribution < -0.4 is 5.32 Å². The summed E-state index contributed by atoms with van der Waals surface area (Å²) in [6.07, 6.45) is 3.26. The van der Waals surface area contributed by atoms with Crippen LogP contribution >= 0.6 is 0 Å². The Morgan fingerprint density at radius 2 is 2.04 bits per heavy atom. The average Bonchev–Trinajstić information content (AvgIpc) is 2.67. The maximum absolute atomic E-state index is 13.1. The topological polar surface area (TPSA) is 46.1 Å². The molecule has 1 N–H and O–H groups in total. The number of methoxy groups -OCH3 is 1. The van der Waals surface area contributed by atoms with E-state index in [-0.39, 0.29) is 11.9 Å². The summed E-state index contributed by atoms with van der Waals surface area (Å²) in [4.78, 5) is 6.91. The predicted octanol–water partition coefficient (Wildman–Crippen LogP) is 3.23. The van der Waals surface area contributed by atoms with E-state index < -0.39 is 0 Å². The van der Waals surface area contributed by atoms with Gasteiger partial charge in [0.25, 0.3) is 0 Å². The van der Waals surface area contributed by atoms with Gasteiger partial charge in [-0.1, -0.05) is 12.1 Å². The first-order valence-corrected chi connectivity index (χ1v) is 9.49. The quantitative estimate of drug-likeness (QED) is 0.568. The molecule has 0 radical (unpaired) electrons. The molecule has 1 heterocycles. The number of benzene rings is 1. The molecule has 2 rings (SSSR count). The molecule has 146 valence electrons. The third kappa shape index (κ3) is 6.57. The molecule has 5 nitrogen and oxygen atoms in total. The van der Waals surface area contributed by atoms with Crippen LogP contribution in [0.4, 0.5) is 4.39 Å². The number of nitrogens with zero attached hydrogens (tertiary/aromatic N) is 2. The lowest BCUT2D eigenvalue weighted by molar-refractivity contribution is 0.0625. The zero-order chi connectivity index (χ0) is 18.8. The molecule has 1 unspecified atom stereocenters. The molecule has 1 aliphatic heterocycles. The Kier molecular flexibility index (Phi) is 8.85. The lowest BCUT2D eigenvalue weighted by Crippen LogP contribution is -2.40. The van der Waals surface area contributed by atoms with E-state index in [1.165, 1.54) is 12.1 Å². The van der Waals surface area contributed by atoms with Crippen LogP contribution in [-0.4, -0.2) is 57.9 Å². The molecule has 6 heteroatoms. The van der Waals surface area contributed by atoms with Crippen molar-refractivity contribution in [1.82, 2.24) is 10.2 Å². The van der Waals surface area contributed by atoms with Crippen LogP contribution in [0.2, 0.25) is 0 Å². The monoisotopic (exact) mass is 365 g/mol. The SMILES string of the molecule is CCNC(=NCC(OC)c1ccc(F)cc1)N(C)CCC1CCOCC1. The van der Waals surface area contributed by atoms with Gasteiger partial charge in [-0.2, -0.15) is 0 Å². The van der Waals surface area contributed by atoms with Gasteiger partial charge in [-0.05, 0) is 49.8 Å². The molecule has 1 aromatic carbocycles. The lowest BCUT2D eigenvalue weighted by atomic mass is 9.96. The van der Waals surface area contributed by atoms with Gasteiger partial charge in [-0.15, -0.1) is 0 Å². The van der Waals surface area contributed by atoms with Crippen molar-refractivity contribution >= 4 is 5.96 Å². The summed E-state index contributed by atoms with van der Waals surface area (Å²) >= 11 is 0. The first-order chi connectivity index (χ1) is 12.6. The molecule has 1 saturated heterocycles. The summed E-state index contributed by atoms with van der Waals surface area (Å²) in [5, 5.41) is 3.35. The Bertz CT molecular complexity index is 544. The minimum atomic E-state index is -0.242. The number of hydrogen-bond acceptors (Lipinski definition) is 3. The zero-order valence-corrected chi connectivity index (χ0v) is 16.2. The van der Waals surface area contributed by atoms with Crippen LogP contribution in [0.1, 0.15) is 37.9 Å². The fourth-order valence-electron chi connectivity index (χ4n) is 3.15. The minimum absolute atomic E-state index is 0.187. The van der Waals surface area contributed by atoms with E-state index in [9.17, 15) is 4.39 Å². The van der Waals surface area contributed by atoms with Crippen molar-refractivity contribution in [2.75, 3.05) is 47.0 Å². The maximum atomic E-state index is 13.1. The number of ether oxygens (including phenoxy) is 2. The van der Waals surface area contributed by atoms with Crippen molar-refractivity contribution in [2.45, 2.75) is 32.3 Å². The van der Waals surface area contributed by atoms with Gasteiger partial charge in [0, 0.05) is 40.5 Å². The molecule has 0 bridgehead atoms. The van der Waals surface area contributed by atoms with E-state index in [4.69, 9.17) is 14.5 Å². The first kappa shape index (κ1) is 20.6. The number of hydrogen-bond donors (Lipinski definition) is 1. The molecular formula is C20H32FN3O2. The third-order valence-corrected chi connectivity index (χ3v) is 4.84. The van der Waals surface area contributed by atoms with Gasteiger partial charge in [0.15, 0.2) is 5.96 Å². The second-order valence-corrected chi connectivity index (χ2v) is 6.74. The normalized spacial score (nSPS) is 17.2. The highest BCUT2D eigenvalue weighted by atomic mass is 19.1. The van der Waals surface area contributed by atoms with E-state index >= 15 is 0 Å². The van der Waals surface area contributed by atoms with Gasteiger partial charge in [-0.25, -0.2) is 4.39 Å². The molecule has 0 saturated carbocycles. The summed E-state index contributed by atoms with van der Waals surface area (Å²) in [5.74, 6) is 1.37. The largest absolute Gasteiger partial charge is 0.381 e. The van der Waals surface area contributed by atoms with Crippen LogP contribution in [0, 0.1) is 11.7 Å². The molecule has 1 fully saturated rings. The number of aliphatic imine (C=N–C) groups is 1. The summed E-state index contributed by atoms with van der Waals surface area (Å²) in [7, 11) is 3.73. The van der Waals surface area contributed by atoms with Crippen molar-refractivity contribution in [3.63, 3.8) is 0 Å². The highest BCUT2D eigenvalue weighted by Gasteiger charge is 2.16. The van der Waals surface area contributed by atoms with Crippen LogP contribution in [-0.2, 0) is 9.47 Å². The first-order valence-electron chi connectivity index (χ1n) is 9.49. The van der Waals surface area contributed by atoms with Crippen molar-refractivity contribution in [2.24, 2.45) is 10.9 Å². The molecule has 0 amide bonds. The Morgan fingerprint density at radius 3 is 2.65 bits per heavy atom. The molecular weight excluding hydrogens is 333 g/mol. The van der Waals surface area contributed by atoms with E-state index in [0.29, 0.717) is 6.54 Å². The Balaban J connectivity index is 1.93. The molecule has 1 aliphatic rings. The highest BCUT2D eigenvalue weighted by Crippen LogP contribution is 2.19. The maximum Gasteiger partial charge on any atom is 0.193 e. The Labute approximate surface area is 156 Å². The summed E-state index contributed by atoms with van der Waals surface area (Å²) in [5.41, 5.74) is 0.929. The summed E-state index contributed by atoms with van der Waals surface area (Å²) in [6, 6.07) is 6.41. The summed E-state index contributed by atoms with van der Waals surface area (Å²) < 4.78 is 24.1. The molecule has 0 aromatic heterocycles. The Morgan fingerprint density at radius 1 is 1.35 bits per heavy atom. The molecule has 0 spiro atoms. The molecule has 26 heavy (non-hydrogen) atoms. The number of rotatable bonds is 8. The summed E-state index contributed by atoms with van der Waals surface area (Å²) in [6.45, 7) is 6.10. The highest BCUT2D eigenvalue weighted by molar-refractivity contribution is 5.79. The lowest BCUT2D eigenvalue weighted by Gasteiger charge is -2.27. The van der Waals surface area contributed by atoms with Crippen molar-refractivity contribution in [3.05, 3.63) is 35.6 Å². The van der Waals surface area contributed by atoms with E-state index in [2.05, 4.69) is 24.2 Å². The van der Waals surface area contributed by atoms with E-state index in [0.717, 1.165) is 63.0 Å². The zero-order valence-electron chi connectivity index (χ0n) is 16.2. The molecule has 1 atom stereocenters. The predicted molar refractivity (Wildman–Crippen MR) is 103 cm³/mol. The average molecular weight is 365 g/mol. The van der Waals surface area contributed by atoms with Gasteiger partial charge >= 0.3 is 0 Å². The van der Waals surface area contributed by atoms with E-state index in [1.54, 1.807) is 19.2 Å². The fraction of sp³-hybridized carbons (Fsp3) is 0.650. The second kappa shape index (κ2) is 11.1. The van der Waals surface area contributed by atoms with Crippen molar-refractivity contribution in [3.8, 4) is 0 Å². The smallest absolute Gasteiger partial charge is 0.193 e. The number of nitrogens with one attached hydrogen (secondary N) is 1. The van der Waals surface area contributed by atoms with Gasteiger partial charge in [-0.3, -0.25) is 4.99 Å². The van der Waals surface area contributed by atoms with Gasteiger partial charge in [0.1, 0.15) is 11.9 Å². The number of guanidine groups is 1. The van der Waals surface area contributed by atoms with Gasteiger partial charge in [0.2, 0.25) is 0 Å². The minimum Gasteiger partial charge on any atom is -0.381 e. The Hall–Kier alpha value is -1.66. The number of halogens is 1. The van der Waals surface area contributed by atoms with Crippen LogP contribution in [0.3, 0.4) is 0 Å².